The average molecular weight is 330 g/mol. The smallest absolute Gasteiger partial charge is 0.186 e. The second-order valence-electron chi connectivity index (χ2n) is 4.59. The number of hydrazone groups is 1. The van der Waals surface area contributed by atoms with Crippen molar-refractivity contribution in [3.05, 3.63) is 48.5 Å². The molecular formula is C17H18N2O3S. The van der Waals surface area contributed by atoms with Gasteiger partial charge >= 0.3 is 0 Å². The number of methoxy groups -OCH3 is 2. The molecule has 23 heavy (non-hydrogen) atoms. The summed E-state index contributed by atoms with van der Waals surface area (Å²) in [6.45, 7) is 1.49. The monoisotopic (exact) mass is 330 g/mol. The van der Waals surface area contributed by atoms with E-state index >= 15 is 0 Å². The molecule has 0 aliphatic rings. The maximum Gasteiger partial charge on any atom is 0.186 e. The largest absolute Gasteiger partial charge is 0.497 e. The Morgan fingerprint density at radius 1 is 1.04 bits per heavy atom. The lowest BCUT2D eigenvalue weighted by molar-refractivity contribution is -0.110. The predicted molar refractivity (Wildman–Crippen MR) is 93.6 cm³/mol. The summed E-state index contributed by atoms with van der Waals surface area (Å²) < 4.78 is 10.3. The van der Waals surface area contributed by atoms with Gasteiger partial charge in [-0.25, -0.2) is 0 Å². The number of carbonyl (C=O) groups excluding carboxylic acids is 1. The van der Waals surface area contributed by atoms with Crippen molar-refractivity contribution in [1.82, 2.24) is 0 Å². The van der Waals surface area contributed by atoms with Gasteiger partial charge in [-0.3, -0.25) is 10.2 Å². The summed E-state index contributed by atoms with van der Waals surface area (Å²) in [5.74, 6) is 1.39. The maximum atomic E-state index is 11.8. The van der Waals surface area contributed by atoms with Crippen LogP contribution in [-0.4, -0.2) is 25.0 Å². The summed E-state index contributed by atoms with van der Waals surface area (Å²) in [7, 11) is 3.22. The van der Waals surface area contributed by atoms with Crippen LogP contribution in [0.1, 0.15) is 6.92 Å². The van der Waals surface area contributed by atoms with E-state index in [1.54, 1.807) is 14.2 Å². The van der Waals surface area contributed by atoms with Crippen LogP contribution in [0.4, 0.5) is 5.69 Å². The van der Waals surface area contributed by atoms with Gasteiger partial charge in [-0.2, -0.15) is 5.10 Å². The number of hydrogen-bond donors (Lipinski definition) is 1. The fourth-order valence-electron chi connectivity index (χ4n) is 1.73. The Kier molecular flexibility index (Phi) is 6.05. The van der Waals surface area contributed by atoms with E-state index < -0.39 is 0 Å². The molecule has 0 radical (unpaired) electrons. The van der Waals surface area contributed by atoms with E-state index in [0.29, 0.717) is 5.04 Å². The van der Waals surface area contributed by atoms with Crippen LogP contribution in [0, 0.1) is 0 Å². The Morgan fingerprint density at radius 2 is 1.74 bits per heavy atom. The molecule has 2 aromatic rings. The third-order valence-corrected chi connectivity index (χ3v) is 4.00. The SMILES string of the molecule is COc1ccc(N/N=C(/Sc2cccc(OC)c2)C(C)=O)cc1. The molecule has 0 amide bonds. The molecule has 2 rings (SSSR count). The topological polar surface area (TPSA) is 59.9 Å². The minimum absolute atomic E-state index is 0.112. The van der Waals surface area contributed by atoms with Crippen LogP contribution < -0.4 is 14.9 Å². The van der Waals surface area contributed by atoms with Crippen LogP contribution in [0.3, 0.4) is 0 Å². The van der Waals surface area contributed by atoms with Gasteiger partial charge in [0.15, 0.2) is 10.8 Å². The second kappa shape index (κ2) is 8.24. The molecule has 0 saturated heterocycles. The van der Waals surface area contributed by atoms with Crippen molar-refractivity contribution in [3.63, 3.8) is 0 Å². The molecule has 0 unspecified atom stereocenters. The van der Waals surface area contributed by atoms with Gasteiger partial charge in [0.25, 0.3) is 0 Å². The zero-order chi connectivity index (χ0) is 16.7. The molecule has 0 atom stereocenters. The number of ketones is 1. The zero-order valence-electron chi connectivity index (χ0n) is 13.2. The number of benzene rings is 2. The van der Waals surface area contributed by atoms with Crippen LogP contribution in [0.15, 0.2) is 58.5 Å². The standard InChI is InChI=1S/C17H18N2O3S/c1-12(20)17(23-16-6-4-5-15(11-16)22-3)19-18-13-7-9-14(21-2)10-8-13/h4-11,18H,1-3H3/b19-17+. The van der Waals surface area contributed by atoms with Crippen LogP contribution in [0.25, 0.3) is 0 Å². The molecule has 0 aromatic heterocycles. The van der Waals surface area contributed by atoms with E-state index in [0.717, 1.165) is 22.1 Å². The van der Waals surface area contributed by atoms with Crippen LogP contribution in [-0.2, 0) is 4.79 Å². The summed E-state index contributed by atoms with van der Waals surface area (Å²) in [4.78, 5) is 12.7. The molecule has 0 heterocycles. The molecule has 1 N–H and O–H groups in total. The predicted octanol–water partition coefficient (Wildman–Crippen LogP) is 3.81. The number of anilines is 1. The normalized spacial score (nSPS) is 11.0. The van der Waals surface area contributed by atoms with Gasteiger partial charge in [0.1, 0.15) is 11.5 Å². The van der Waals surface area contributed by atoms with Crippen molar-refractivity contribution in [3.8, 4) is 11.5 Å². The number of nitrogens with zero attached hydrogens (tertiary/aromatic N) is 1. The molecule has 0 saturated carbocycles. The van der Waals surface area contributed by atoms with Gasteiger partial charge in [-0.1, -0.05) is 17.8 Å². The Labute approximate surface area is 139 Å². The molecule has 5 nitrogen and oxygen atoms in total. The molecule has 2 aromatic carbocycles. The van der Waals surface area contributed by atoms with Gasteiger partial charge in [0, 0.05) is 11.8 Å². The zero-order valence-corrected chi connectivity index (χ0v) is 14.0. The van der Waals surface area contributed by atoms with E-state index in [4.69, 9.17) is 9.47 Å². The first-order chi connectivity index (χ1) is 11.1. The van der Waals surface area contributed by atoms with E-state index in [1.165, 1.54) is 18.7 Å². The molecule has 0 fully saturated rings. The summed E-state index contributed by atoms with van der Waals surface area (Å²) in [5, 5.41) is 4.57. The quantitative estimate of drug-likeness (QED) is 0.378. The van der Waals surface area contributed by atoms with Gasteiger partial charge in [-0.05, 0) is 42.5 Å². The molecule has 6 heteroatoms. The summed E-state index contributed by atoms with van der Waals surface area (Å²) in [5.41, 5.74) is 3.66. The Balaban J connectivity index is 2.11. The fourth-order valence-corrected chi connectivity index (χ4v) is 2.51. The van der Waals surface area contributed by atoms with Gasteiger partial charge in [-0.15, -0.1) is 0 Å². The minimum atomic E-state index is -0.112. The molecule has 0 bridgehead atoms. The van der Waals surface area contributed by atoms with Crippen molar-refractivity contribution in [2.45, 2.75) is 11.8 Å². The number of nitrogens with one attached hydrogen (secondary N) is 1. The first-order valence-electron chi connectivity index (χ1n) is 6.93. The van der Waals surface area contributed by atoms with E-state index in [2.05, 4.69) is 10.5 Å². The highest BCUT2D eigenvalue weighted by Crippen LogP contribution is 2.25. The Morgan fingerprint density at radius 3 is 2.35 bits per heavy atom. The first-order valence-corrected chi connectivity index (χ1v) is 7.74. The van der Waals surface area contributed by atoms with Gasteiger partial charge in [0.05, 0.1) is 19.9 Å². The molecule has 0 spiro atoms. The third kappa shape index (κ3) is 5.03. The maximum absolute atomic E-state index is 11.8. The van der Waals surface area contributed by atoms with Crippen molar-refractivity contribution < 1.29 is 14.3 Å². The lowest BCUT2D eigenvalue weighted by atomic mass is 10.3. The molecular weight excluding hydrogens is 312 g/mol. The molecule has 0 aliphatic heterocycles. The van der Waals surface area contributed by atoms with Crippen molar-refractivity contribution in [1.29, 1.82) is 0 Å². The number of Topliss-reactive ketones (excluding diaryl/α,β-unsaturated/α-hetero) is 1. The first kappa shape index (κ1) is 16.9. The summed E-state index contributed by atoms with van der Waals surface area (Å²) in [6, 6.07) is 14.8. The number of ether oxygens (including phenoxy) is 2. The van der Waals surface area contributed by atoms with E-state index in [1.807, 2.05) is 48.5 Å². The van der Waals surface area contributed by atoms with Crippen LogP contribution in [0.5, 0.6) is 11.5 Å². The lowest BCUT2D eigenvalue weighted by Crippen LogP contribution is -2.08. The Hall–Kier alpha value is -2.47. The summed E-state index contributed by atoms with van der Waals surface area (Å²) in [6.07, 6.45) is 0. The number of hydrogen-bond acceptors (Lipinski definition) is 6. The Bertz CT molecular complexity index is 699. The highest BCUT2D eigenvalue weighted by molar-refractivity contribution is 8.15. The van der Waals surface area contributed by atoms with Gasteiger partial charge < -0.3 is 9.47 Å². The fraction of sp³-hybridized carbons (Fsp3) is 0.176. The second-order valence-corrected chi connectivity index (χ2v) is 5.66. The minimum Gasteiger partial charge on any atom is -0.497 e. The van der Waals surface area contributed by atoms with Crippen LogP contribution in [0.2, 0.25) is 0 Å². The summed E-state index contributed by atoms with van der Waals surface area (Å²) >= 11 is 1.29. The number of rotatable bonds is 6. The van der Waals surface area contributed by atoms with E-state index in [-0.39, 0.29) is 5.78 Å². The van der Waals surface area contributed by atoms with Crippen LogP contribution >= 0.6 is 11.8 Å². The number of thioether (sulfide) groups is 1. The number of carbonyl (C=O) groups is 1. The van der Waals surface area contributed by atoms with E-state index in [9.17, 15) is 4.79 Å². The molecule has 120 valence electrons. The van der Waals surface area contributed by atoms with Crippen molar-refractivity contribution in [2.24, 2.45) is 5.10 Å². The van der Waals surface area contributed by atoms with Crippen molar-refractivity contribution in [2.75, 3.05) is 19.6 Å². The highest BCUT2D eigenvalue weighted by Gasteiger charge is 2.09. The third-order valence-electron chi connectivity index (χ3n) is 2.93. The highest BCUT2D eigenvalue weighted by atomic mass is 32.2. The lowest BCUT2D eigenvalue weighted by Gasteiger charge is -2.07. The van der Waals surface area contributed by atoms with Crippen molar-refractivity contribution >= 4 is 28.3 Å². The molecule has 0 aliphatic carbocycles. The average Bonchev–Trinajstić information content (AvgIpc) is 2.59. The van der Waals surface area contributed by atoms with Gasteiger partial charge in [0.2, 0.25) is 0 Å².